The Morgan fingerprint density at radius 2 is 1.68 bits per heavy atom. The molecule has 0 radical (unpaired) electrons. The molecular weight excluding hydrogens is 274 g/mol. The summed E-state index contributed by atoms with van der Waals surface area (Å²) in [6, 6.07) is 19.1. The first-order valence-corrected chi connectivity index (χ1v) is 7.08. The van der Waals surface area contributed by atoms with E-state index >= 15 is 0 Å². The Morgan fingerprint density at radius 1 is 0.955 bits per heavy atom. The van der Waals surface area contributed by atoms with Crippen molar-refractivity contribution >= 4 is 28.2 Å². The molecule has 110 valence electrons. The number of carbonyl (C=O) groups is 1. The SMILES string of the molecule is CN(C)c1ccccc1NC(=O)c1ccc2ccccc2n1. The Hall–Kier alpha value is -2.88. The number of hydrogen-bond donors (Lipinski definition) is 1. The molecule has 1 amide bonds. The van der Waals surface area contributed by atoms with E-state index in [1.54, 1.807) is 6.07 Å². The number of rotatable bonds is 3. The van der Waals surface area contributed by atoms with Crippen molar-refractivity contribution in [2.45, 2.75) is 0 Å². The number of nitrogens with one attached hydrogen (secondary N) is 1. The molecule has 3 aromatic rings. The Bertz CT molecular complexity index is 827. The molecule has 1 heterocycles. The van der Waals surface area contributed by atoms with E-state index in [9.17, 15) is 4.79 Å². The molecule has 4 nitrogen and oxygen atoms in total. The van der Waals surface area contributed by atoms with Crippen LogP contribution < -0.4 is 10.2 Å². The topological polar surface area (TPSA) is 45.2 Å². The number of anilines is 2. The summed E-state index contributed by atoms with van der Waals surface area (Å²) in [5.74, 6) is -0.208. The highest BCUT2D eigenvalue weighted by molar-refractivity contribution is 6.05. The second kappa shape index (κ2) is 5.85. The van der Waals surface area contributed by atoms with Crippen molar-refractivity contribution in [2.75, 3.05) is 24.3 Å². The van der Waals surface area contributed by atoms with Crippen molar-refractivity contribution in [3.63, 3.8) is 0 Å². The fourth-order valence-corrected chi connectivity index (χ4v) is 2.35. The maximum Gasteiger partial charge on any atom is 0.274 e. The third kappa shape index (κ3) is 2.76. The number of amides is 1. The number of hydrogen-bond acceptors (Lipinski definition) is 3. The lowest BCUT2D eigenvalue weighted by Crippen LogP contribution is -2.17. The summed E-state index contributed by atoms with van der Waals surface area (Å²) >= 11 is 0. The number of fused-ring (bicyclic) bond motifs is 1. The van der Waals surface area contributed by atoms with Gasteiger partial charge in [0, 0.05) is 19.5 Å². The van der Waals surface area contributed by atoms with Crippen LogP contribution in [0.4, 0.5) is 11.4 Å². The molecule has 0 fully saturated rings. The number of nitrogens with zero attached hydrogens (tertiary/aromatic N) is 2. The van der Waals surface area contributed by atoms with E-state index < -0.39 is 0 Å². The summed E-state index contributed by atoms with van der Waals surface area (Å²) in [4.78, 5) is 18.8. The minimum Gasteiger partial charge on any atom is -0.376 e. The third-order valence-electron chi connectivity index (χ3n) is 3.47. The van der Waals surface area contributed by atoms with Gasteiger partial charge >= 0.3 is 0 Å². The molecule has 0 saturated carbocycles. The second-order valence-corrected chi connectivity index (χ2v) is 5.25. The van der Waals surface area contributed by atoms with E-state index in [4.69, 9.17) is 0 Å². The van der Waals surface area contributed by atoms with E-state index in [2.05, 4.69) is 10.3 Å². The van der Waals surface area contributed by atoms with Crippen LogP contribution in [0.1, 0.15) is 10.5 Å². The molecule has 3 rings (SSSR count). The average Bonchev–Trinajstić information content (AvgIpc) is 2.54. The molecule has 22 heavy (non-hydrogen) atoms. The first-order chi connectivity index (χ1) is 10.6. The lowest BCUT2D eigenvalue weighted by molar-refractivity contribution is 0.102. The zero-order valence-corrected chi connectivity index (χ0v) is 12.6. The maximum atomic E-state index is 12.4. The van der Waals surface area contributed by atoms with Crippen LogP contribution in [0.5, 0.6) is 0 Å². The molecule has 0 aliphatic heterocycles. The number of carbonyl (C=O) groups excluding carboxylic acids is 1. The number of aromatic nitrogens is 1. The Kier molecular flexibility index (Phi) is 3.74. The van der Waals surface area contributed by atoms with Gasteiger partial charge in [0.15, 0.2) is 0 Å². The molecular formula is C18H17N3O. The molecule has 1 N–H and O–H groups in total. The van der Waals surface area contributed by atoms with Crippen molar-refractivity contribution < 1.29 is 4.79 Å². The standard InChI is InChI=1S/C18H17N3O/c1-21(2)17-10-6-5-9-15(17)20-18(22)16-12-11-13-7-3-4-8-14(13)19-16/h3-12H,1-2H3,(H,20,22). The van der Waals surface area contributed by atoms with Crippen LogP contribution in [0.3, 0.4) is 0 Å². The Labute approximate surface area is 129 Å². The molecule has 0 saturated heterocycles. The minimum absolute atomic E-state index is 0.208. The monoisotopic (exact) mass is 291 g/mol. The number of pyridine rings is 1. The number of para-hydroxylation sites is 3. The van der Waals surface area contributed by atoms with E-state index in [1.807, 2.05) is 73.6 Å². The van der Waals surface area contributed by atoms with Crippen molar-refractivity contribution in [3.05, 3.63) is 66.4 Å². The van der Waals surface area contributed by atoms with Crippen molar-refractivity contribution in [1.29, 1.82) is 0 Å². The summed E-state index contributed by atoms with van der Waals surface area (Å²) in [6.45, 7) is 0. The van der Waals surface area contributed by atoms with Gasteiger partial charge in [0.25, 0.3) is 5.91 Å². The normalized spacial score (nSPS) is 10.5. The van der Waals surface area contributed by atoms with Crippen LogP contribution in [0.15, 0.2) is 60.7 Å². The zero-order valence-electron chi connectivity index (χ0n) is 12.6. The predicted octanol–water partition coefficient (Wildman–Crippen LogP) is 3.55. The summed E-state index contributed by atoms with van der Waals surface area (Å²) in [5, 5.41) is 3.95. The van der Waals surface area contributed by atoms with E-state index in [1.165, 1.54) is 0 Å². The molecule has 0 aliphatic carbocycles. The van der Waals surface area contributed by atoms with Gasteiger partial charge in [0.2, 0.25) is 0 Å². The molecule has 4 heteroatoms. The largest absolute Gasteiger partial charge is 0.376 e. The van der Waals surface area contributed by atoms with Gasteiger partial charge in [-0.25, -0.2) is 4.98 Å². The van der Waals surface area contributed by atoms with Gasteiger partial charge in [0.1, 0.15) is 5.69 Å². The maximum absolute atomic E-state index is 12.4. The van der Waals surface area contributed by atoms with Crippen LogP contribution >= 0.6 is 0 Å². The van der Waals surface area contributed by atoms with Crippen molar-refractivity contribution in [3.8, 4) is 0 Å². The lowest BCUT2D eigenvalue weighted by Gasteiger charge is -2.17. The smallest absolute Gasteiger partial charge is 0.274 e. The highest BCUT2D eigenvalue weighted by Crippen LogP contribution is 2.24. The van der Waals surface area contributed by atoms with Crippen LogP contribution in [-0.2, 0) is 0 Å². The first kappa shape index (κ1) is 14.1. The fourth-order valence-electron chi connectivity index (χ4n) is 2.35. The quantitative estimate of drug-likeness (QED) is 0.802. The van der Waals surface area contributed by atoms with Gasteiger partial charge < -0.3 is 10.2 Å². The lowest BCUT2D eigenvalue weighted by atomic mass is 10.2. The molecule has 0 atom stereocenters. The second-order valence-electron chi connectivity index (χ2n) is 5.25. The van der Waals surface area contributed by atoms with Gasteiger partial charge in [-0.15, -0.1) is 0 Å². The molecule has 2 aromatic carbocycles. The highest BCUT2D eigenvalue weighted by atomic mass is 16.1. The molecule has 0 bridgehead atoms. The average molecular weight is 291 g/mol. The van der Waals surface area contributed by atoms with Crippen LogP contribution in [0.2, 0.25) is 0 Å². The van der Waals surface area contributed by atoms with Gasteiger partial charge in [-0.3, -0.25) is 4.79 Å². The summed E-state index contributed by atoms with van der Waals surface area (Å²) < 4.78 is 0. The van der Waals surface area contributed by atoms with E-state index in [0.29, 0.717) is 5.69 Å². The Morgan fingerprint density at radius 3 is 2.50 bits per heavy atom. The van der Waals surface area contributed by atoms with Gasteiger partial charge in [-0.05, 0) is 24.3 Å². The molecule has 1 aromatic heterocycles. The third-order valence-corrected chi connectivity index (χ3v) is 3.47. The van der Waals surface area contributed by atoms with Crippen molar-refractivity contribution in [1.82, 2.24) is 4.98 Å². The van der Waals surface area contributed by atoms with Crippen LogP contribution in [0.25, 0.3) is 10.9 Å². The fraction of sp³-hybridized carbons (Fsp3) is 0.111. The van der Waals surface area contributed by atoms with E-state index in [-0.39, 0.29) is 5.91 Å². The van der Waals surface area contributed by atoms with E-state index in [0.717, 1.165) is 22.3 Å². The van der Waals surface area contributed by atoms with Gasteiger partial charge in [-0.2, -0.15) is 0 Å². The summed E-state index contributed by atoms with van der Waals surface area (Å²) in [6.07, 6.45) is 0. The summed E-state index contributed by atoms with van der Waals surface area (Å²) in [7, 11) is 3.89. The molecule has 0 unspecified atom stereocenters. The number of benzene rings is 2. The predicted molar refractivity (Wildman–Crippen MR) is 90.5 cm³/mol. The van der Waals surface area contributed by atoms with Crippen molar-refractivity contribution in [2.24, 2.45) is 0 Å². The van der Waals surface area contributed by atoms with Gasteiger partial charge in [-0.1, -0.05) is 36.4 Å². The van der Waals surface area contributed by atoms with Crippen LogP contribution in [0, 0.1) is 0 Å². The molecule has 0 spiro atoms. The zero-order chi connectivity index (χ0) is 15.5. The molecule has 0 aliphatic rings. The van der Waals surface area contributed by atoms with Gasteiger partial charge in [0.05, 0.1) is 16.9 Å². The highest BCUT2D eigenvalue weighted by Gasteiger charge is 2.11. The minimum atomic E-state index is -0.208. The van der Waals surface area contributed by atoms with Crippen LogP contribution in [-0.4, -0.2) is 25.0 Å². The Balaban J connectivity index is 1.90. The summed E-state index contributed by atoms with van der Waals surface area (Å²) in [5.41, 5.74) is 2.95. The first-order valence-electron chi connectivity index (χ1n) is 7.08.